The number of nitrogens with zero attached hydrogens (tertiary/aromatic N) is 4. The number of aryl methyl sites for hydroxylation is 2. The predicted molar refractivity (Wildman–Crippen MR) is 88.0 cm³/mol. The van der Waals surface area contributed by atoms with Gasteiger partial charge in [0.05, 0.1) is 12.2 Å². The first kappa shape index (κ1) is 16.2. The zero-order chi connectivity index (χ0) is 17.1. The van der Waals surface area contributed by atoms with E-state index in [4.69, 9.17) is 4.74 Å². The average molecular weight is 328 g/mol. The monoisotopic (exact) mass is 328 g/mol. The SMILES string of the molecule is Cc1ccc(OC2CCCN(C(=O)c3cccn(C)c3=O)C2)nn1. The molecule has 0 saturated carbocycles. The molecule has 1 unspecified atom stereocenters. The van der Waals surface area contributed by atoms with E-state index < -0.39 is 0 Å². The topological polar surface area (TPSA) is 77.3 Å². The third kappa shape index (κ3) is 3.45. The molecular formula is C17H20N4O3. The molecule has 2 aromatic rings. The van der Waals surface area contributed by atoms with Crippen molar-refractivity contribution in [1.82, 2.24) is 19.7 Å². The molecule has 1 amide bonds. The standard InChI is InChI=1S/C17H20N4O3/c1-12-7-8-15(19-18-12)24-13-5-3-10-21(11-13)17(23)14-6-4-9-20(2)16(14)22/h4,6-9,13H,3,5,10-11H2,1-2H3. The molecule has 7 heteroatoms. The minimum Gasteiger partial charge on any atom is -0.471 e. The Morgan fingerprint density at radius 3 is 2.88 bits per heavy atom. The molecule has 3 rings (SSSR count). The van der Waals surface area contributed by atoms with Crippen molar-refractivity contribution < 1.29 is 9.53 Å². The summed E-state index contributed by atoms with van der Waals surface area (Å²) in [5.74, 6) is 0.204. The van der Waals surface area contributed by atoms with Gasteiger partial charge in [0.25, 0.3) is 11.5 Å². The number of amides is 1. The van der Waals surface area contributed by atoms with Crippen LogP contribution in [0.1, 0.15) is 28.9 Å². The highest BCUT2D eigenvalue weighted by molar-refractivity contribution is 5.93. The average Bonchev–Trinajstić information content (AvgIpc) is 2.59. The van der Waals surface area contributed by atoms with Gasteiger partial charge in [-0.2, -0.15) is 5.10 Å². The van der Waals surface area contributed by atoms with Crippen LogP contribution in [-0.4, -0.2) is 44.8 Å². The van der Waals surface area contributed by atoms with Gasteiger partial charge in [-0.25, -0.2) is 0 Å². The molecule has 126 valence electrons. The zero-order valence-corrected chi connectivity index (χ0v) is 13.8. The number of hydrogen-bond acceptors (Lipinski definition) is 5. The summed E-state index contributed by atoms with van der Waals surface area (Å²) in [5.41, 5.74) is 0.730. The van der Waals surface area contributed by atoms with Gasteiger partial charge in [-0.15, -0.1) is 5.10 Å². The summed E-state index contributed by atoms with van der Waals surface area (Å²) < 4.78 is 7.24. The van der Waals surface area contributed by atoms with E-state index in [-0.39, 0.29) is 23.1 Å². The van der Waals surface area contributed by atoms with E-state index in [1.165, 1.54) is 4.57 Å². The smallest absolute Gasteiger partial charge is 0.263 e. The number of rotatable bonds is 3. The summed E-state index contributed by atoms with van der Waals surface area (Å²) >= 11 is 0. The van der Waals surface area contributed by atoms with Crippen LogP contribution in [0.4, 0.5) is 0 Å². The van der Waals surface area contributed by atoms with E-state index >= 15 is 0 Å². The number of piperidine rings is 1. The lowest BCUT2D eigenvalue weighted by Gasteiger charge is -2.32. The lowest BCUT2D eigenvalue weighted by atomic mass is 10.1. The van der Waals surface area contributed by atoms with Crippen molar-refractivity contribution in [2.24, 2.45) is 7.05 Å². The van der Waals surface area contributed by atoms with E-state index in [9.17, 15) is 9.59 Å². The Balaban J connectivity index is 1.71. The number of ether oxygens (including phenoxy) is 1. The number of hydrogen-bond donors (Lipinski definition) is 0. The molecule has 7 nitrogen and oxygen atoms in total. The number of likely N-dealkylation sites (tertiary alicyclic amines) is 1. The van der Waals surface area contributed by atoms with E-state index in [1.54, 1.807) is 36.3 Å². The zero-order valence-electron chi connectivity index (χ0n) is 13.8. The maximum Gasteiger partial charge on any atom is 0.263 e. The number of aromatic nitrogens is 3. The van der Waals surface area contributed by atoms with Gasteiger partial charge in [0.2, 0.25) is 5.88 Å². The molecule has 1 fully saturated rings. The molecular weight excluding hydrogens is 308 g/mol. The van der Waals surface area contributed by atoms with Gasteiger partial charge in [0.1, 0.15) is 11.7 Å². The third-order valence-corrected chi connectivity index (χ3v) is 4.08. The maximum atomic E-state index is 12.6. The van der Waals surface area contributed by atoms with Crippen molar-refractivity contribution in [3.63, 3.8) is 0 Å². The Kier molecular flexibility index (Phi) is 4.59. The van der Waals surface area contributed by atoms with Gasteiger partial charge < -0.3 is 14.2 Å². The van der Waals surface area contributed by atoms with Crippen LogP contribution in [0.25, 0.3) is 0 Å². The lowest BCUT2D eigenvalue weighted by molar-refractivity contribution is 0.0523. The molecule has 24 heavy (non-hydrogen) atoms. The van der Waals surface area contributed by atoms with Crippen LogP contribution >= 0.6 is 0 Å². The van der Waals surface area contributed by atoms with E-state index in [0.29, 0.717) is 19.0 Å². The van der Waals surface area contributed by atoms with Crippen molar-refractivity contribution in [2.75, 3.05) is 13.1 Å². The van der Waals surface area contributed by atoms with Crippen LogP contribution in [0.2, 0.25) is 0 Å². The molecule has 1 aliphatic rings. The normalized spacial score (nSPS) is 17.6. The molecule has 0 spiro atoms. The van der Waals surface area contributed by atoms with Crippen LogP contribution < -0.4 is 10.3 Å². The van der Waals surface area contributed by atoms with E-state index in [0.717, 1.165) is 18.5 Å². The van der Waals surface area contributed by atoms with Gasteiger partial charge >= 0.3 is 0 Å². The molecule has 0 radical (unpaired) electrons. The second-order valence-electron chi connectivity index (χ2n) is 5.98. The Morgan fingerprint density at radius 1 is 1.29 bits per heavy atom. The molecule has 1 atom stereocenters. The number of carbonyl (C=O) groups excluding carboxylic acids is 1. The van der Waals surface area contributed by atoms with Crippen molar-refractivity contribution >= 4 is 5.91 Å². The minimum absolute atomic E-state index is 0.146. The predicted octanol–water partition coefficient (Wildman–Crippen LogP) is 1.17. The van der Waals surface area contributed by atoms with Gasteiger partial charge in [-0.3, -0.25) is 9.59 Å². The summed E-state index contributed by atoms with van der Waals surface area (Å²) in [6.07, 6.45) is 3.15. The molecule has 0 aliphatic carbocycles. The van der Waals surface area contributed by atoms with Crippen LogP contribution in [0, 0.1) is 6.92 Å². The van der Waals surface area contributed by atoms with Crippen LogP contribution in [0.5, 0.6) is 5.88 Å². The first-order chi connectivity index (χ1) is 11.5. The third-order valence-electron chi connectivity index (χ3n) is 4.08. The Labute approximate surface area is 139 Å². The molecule has 0 bridgehead atoms. The van der Waals surface area contributed by atoms with Gasteiger partial charge in [0.15, 0.2) is 0 Å². The highest BCUT2D eigenvalue weighted by Gasteiger charge is 2.27. The van der Waals surface area contributed by atoms with Crippen LogP contribution in [-0.2, 0) is 7.05 Å². The molecule has 1 aliphatic heterocycles. The van der Waals surface area contributed by atoms with E-state index in [1.807, 2.05) is 13.0 Å². The van der Waals surface area contributed by atoms with Crippen LogP contribution in [0.15, 0.2) is 35.3 Å². The van der Waals surface area contributed by atoms with Crippen LogP contribution in [0.3, 0.4) is 0 Å². The Hall–Kier alpha value is -2.70. The second kappa shape index (κ2) is 6.82. The number of carbonyl (C=O) groups is 1. The highest BCUT2D eigenvalue weighted by atomic mass is 16.5. The van der Waals surface area contributed by atoms with Crippen molar-refractivity contribution in [2.45, 2.75) is 25.9 Å². The molecule has 1 saturated heterocycles. The van der Waals surface area contributed by atoms with Gasteiger partial charge in [0, 0.05) is 25.9 Å². The highest BCUT2D eigenvalue weighted by Crippen LogP contribution is 2.17. The molecule has 3 heterocycles. The first-order valence-electron chi connectivity index (χ1n) is 7.96. The maximum absolute atomic E-state index is 12.6. The molecule has 0 aromatic carbocycles. The number of pyridine rings is 1. The summed E-state index contributed by atoms with van der Waals surface area (Å²) in [6, 6.07) is 6.88. The fourth-order valence-electron chi connectivity index (χ4n) is 2.77. The molecule has 2 aromatic heterocycles. The Bertz CT molecular complexity index is 785. The van der Waals surface area contributed by atoms with Gasteiger partial charge in [-0.05, 0) is 38.0 Å². The summed E-state index contributed by atoms with van der Waals surface area (Å²) in [6.45, 7) is 2.92. The Morgan fingerprint density at radius 2 is 2.12 bits per heavy atom. The van der Waals surface area contributed by atoms with Crippen molar-refractivity contribution in [3.05, 3.63) is 52.1 Å². The van der Waals surface area contributed by atoms with E-state index in [2.05, 4.69) is 10.2 Å². The fraction of sp³-hybridized carbons (Fsp3) is 0.412. The largest absolute Gasteiger partial charge is 0.471 e. The minimum atomic E-state index is -0.282. The quantitative estimate of drug-likeness (QED) is 0.845. The summed E-state index contributed by atoms with van der Waals surface area (Å²) in [4.78, 5) is 26.4. The van der Waals surface area contributed by atoms with Crippen molar-refractivity contribution in [3.8, 4) is 5.88 Å². The van der Waals surface area contributed by atoms with Gasteiger partial charge in [-0.1, -0.05) is 0 Å². The lowest BCUT2D eigenvalue weighted by Crippen LogP contribution is -2.46. The fourth-order valence-corrected chi connectivity index (χ4v) is 2.77. The summed E-state index contributed by atoms with van der Waals surface area (Å²) in [7, 11) is 1.64. The summed E-state index contributed by atoms with van der Waals surface area (Å²) in [5, 5.41) is 7.97. The van der Waals surface area contributed by atoms with Crippen molar-refractivity contribution in [1.29, 1.82) is 0 Å². The second-order valence-corrected chi connectivity index (χ2v) is 5.98. The first-order valence-corrected chi connectivity index (χ1v) is 7.96. The molecule has 0 N–H and O–H groups in total.